The first-order valence-corrected chi connectivity index (χ1v) is 27.3. The number of amides is 9. The van der Waals surface area contributed by atoms with Crippen LogP contribution in [0.15, 0.2) is 36.8 Å². The molecule has 18 N–H and O–H groups in total. The van der Waals surface area contributed by atoms with Gasteiger partial charge in [0.2, 0.25) is 53.2 Å². The van der Waals surface area contributed by atoms with Crippen molar-refractivity contribution in [3.63, 3.8) is 0 Å². The predicted octanol–water partition coefficient (Wildman–Crippen LogP) is -3.54. The summed E-state index contributed by atoms with van der Waals surface area (Å²) in [7, 11) is 0. The fourth-order valence-electron chi connectivity index (χ4n) is 8.06. The Bertz CT molecular complexity index is 2530. The summed E-state index contributed by atoms with van der Waals surface area (Å²) in [4.78, 5) is 166. The average Bonchev–Trinajstić information content (AvgIpc) is 4.04. The van der Waals surface area contributed by atoms with E-state index in [1.54, 1.807) is 27.7 Å². The Morgan fingerprint density at radius 3 is 1.45 bits per heavy atom. The molecule has 83 heavy (non-hydrogen) atoms. The number of hydrogen-bond acceptors (Lipinski definition) is 18. The van der Waals surface area contributed by atoms with E-state index >= 15 is 0 Å². The fraction of sp³-hybridized carbons (Fsp3) is 0.596. The number of carboxylic acid groups (broad SMARTS) is 3. The predicted molar refractivity (Wildman–Crippen MR) is 297 cm³/mol. The summed E-state index contributed by atoms with van der Waals surface area (Å²) in [5.74, 6) is -15.2. The Morgan fingerprint density at radius 1 is 0.542 bits per heavy atom. The van der Waals surface area contributed by atoms with Crippen LogP contribution in [0, 0.1) is 17.8 Å². The van der Waals surface area contributed by atoms with E-state index in [0.29, 0.717) is 11.3 Å². The number of hydrogen-bond donors (Lipinski definition) is 18. The van der Waals surface area contributed by atoms with Crippen molar-refractivity contribution in [3.8, 4) is 5.75 Å². The average molecular weight is 1190 g/mol. The van der Waals surface area contributed by atoms with Crippen molar-refractivity contribution in [2.45, 2.75) is 166 Å². The lowest BCUT2D eigenvalue weighted by atomic mass is 9.99. The van der Waals surface area contributed by atoms with Crippen LogP contribution in [0.4, 0.5) is 0 Å². The molecule has 0 bridgehead atoms. The topological polar surface area (TPSA) is 489 Å². The molecule has 0 saturated heterocycles. The lowest BCUT2D eigenvalue weighted by Crippen LogP contribution is -2.62. The highest BCUT2D eigenvalue weighted by Gasteiger charge is 2.37. The van der Waals surface area contributed by atoms with Gasteiger partial charge in [-0.05, 0) is 68.1 Å². The maximum Gasteiger partial charge on any atom is 0.328 e. The van der Waals surface area contributed by atoms with Crippen molar-refractivity contribution >= 4 is 83.7 Å². The number of carbonyl (C=O) groups excluding carboxylic acids is 9. The monoisotopic (exact) mass is 1190 g/mol. The number of phenols is 1. The van der Waals surface area contributed by atoms with E-state index in [0.717, 1.165) is 6.92 Å². The van der Waals surface area contributed by atoms with Crippen LogP contribution in [0.2, 0.25) is 0 Å². The number of phenolic OH excluding ortho intramolecular Hbond substituents is 1. The lowest BCUT2D eigenvalue weighted by Gasteiger charge is -2.29. The number of H-pyrrole nitrogens is 1. The van der Waals surface area contributed by atoms with E-state index < -0.39 is 169 Å². The number of thiol groups is 1. The Kier molecular flexibility index (Phi) is 30.2. The maximum absolute atomic E-state index is 14.3. The van der Waals surface area contributed by atoms with E-state index in [-0.39, 0.29) is 55.6 Å². The van der Waals surface area contributed by atoms with Gasteiger partial charge in [-0.3, -0.25) is 52.7 Å². The number of imidazole rings is 1. The first-order valence-electron chi connectivity index (χ1n) is 26.7. The quantitative estimate of drug-likeness (QED) is 0.0291. The molecule has 0 spiro atoms. The maximum atomic E-state index is 14.3. The van der Waals surface area contributed by atoms with Gasteiger partial charge in [-0.25, -0.2) is 9.78 Å². The minimum absolute atomic E-state index is 0.0228. The molecule has 1 aromatic carbocycles. The van der Waals surface area contributed by atoms with E-state index in [1.807, 2.05) is 19.2 Å². The number of benzene rings is 1. The number of nitrogens with two attached hydrogens (primary N) is 1. The zero-order valence-corrected chi connectivity index (χ0v) is 48.1. The minimum Gasteiger partial charge on any atom is -0.508 e. The lowest BCUT2D eigenvalue weighted by molar-refractivity contribution is -0.144. The number of rotatable bonds is 37. The van der Waals surface area contributed by atoms with E-state index in [1.165, 1.54) is 36.8 Å². The number of aromatic nitrogens is 2. The van der Waals surface area contributed by atoms with Crippen LogP contribution in [0.5, 0.6) is 5.75 Å². The van der Waals surface area contributed by atoms with Gasteiger partial charge in [0.25, 0.3) is 0 Å². The third-order valence-electron chi connectivity index (χ3n) is 12.3. The van der Waals surface area contributed by atoms with Crippen LogP contribution in [-0.2, 0) is 70.4 Å². The molecule has 0 fully saturated rings. The van der Waals surface area contributed by atoms with Crippen molar-refractivity contribution in [2.24, 2.45) is 23.5 Å². The van der Waals surface area contributed by atoms with Gasteiger partial charge in [0.05, 0.1) is 31.5 Å². The van der Waals surface area contributed by atoms with Gasteiger partial charge in [-0.1, -0.05) is 53.7 Å². The van der Waals surface area contributed by atoms with Gasteiger partial charge < -0.3 is 89.2 Å². The third-order valence-corrected chi connectivity index (χ3v) is 12.7. The van der Waals surface area contributed by atoms with Gasteiger partial charge >= 0.3 is 17.9 Å². The van der Waals surface area contributed by atoms with Gasteiger partial charge in [-0.2, -0.15) is 12.6 Å². The summed E-state index contributed by atoms with van der Waals surface area (Å²) in [6.45, 7) is 10.6. The number of carboxylic acids is 3. The normalized spacial score (nSPS) is 15.3. The molecule has 1 aromatic heterocycles. The first-order chi connectivity index (χ1) is 38.8. The summed E-state index contributed by atoms with van der Waals surface area (Å²) in [6, 6.07) is -10.5. The van der Waals surface area contributed by atoms with E-state index in [2.05, 4.69) is 65.1 Å². The highest BCUT2D eigenvalue weighted by atomic mass is 32.1. The Labute approximate surface area is 484 Å². The number of nitrogens with zero attached hydrogens (tertiary/aromatic N) is 1. The van der Waals surface area contributed by atoms with Crippen LogP contribution in [0.1, 0.15) is 98.2 Å². The van der Waals surface area contributed by atoms with Crippen LogP contribution in [0.3, 0.4) is 0 Å². The van der Waals surface area contributed by atoms with Crippen LogP contribution >= 0.6 is 12.6 Å². The van der Waals surface area contributed by atoms with Crippen LogP contribution in [-0.4, -0.2) is 191 Å². The Morgan fingerprint density at radius 2 is 0.976 bits per heavy atom. The molecule has 0 aliphatic heterocycles. The molecule has 0 unspecified atom stereocenters. The van der Waals surface area contributed by atoms with Crippen molar-refractivity contribution in [1.82, 2.24) is 57.8 Å². The molecule has 462 valence electrons. The molecule has 0 aliphatic carbocycles. The second-order valence-corrected chi connectivity index (χ2v) is 21.5. The number of aliphatic hydroxyl groups is 2. The van der Waals surface area contributed by atoms with Gasteiger partial charge in [-0.15, -0.1) is 0 Å². The summed E-state index contributed by atoms with van der Waals surface area (Å²) in [5, 5.41) is 79.9. The third kappa shape index (κ3) is 25.8. The molecule has 0 aliphatic rings. The second-order valence-electron chi connectivity index (χ2n) is 21.1. The largest absolute Gasteiger partial charge is 0.508 e. The van der Waals surface area contributed by atoms with Crippen molar-refractivity contribution in [3.05, 3.63) is 48.0 Å². The van der Waals surface area contributed by atoms with Crippen molar-refractivity contribution < 1.29 is 88.2 Å². The van der Waals surface area contributed by atoms with Crippen LogP contribution in [0.25, 0.3) is 0 Å². The Hall–Kier alpha value is -7.90. The zero-order chi connectivity index (χ0) is 62.8. The van der Waals surface area contributed by atoms with Gasteiger partial charge in [0, 0.05) is 36.9 Å². The molecule has 31 heteroatoms. The molecule has 2 aromatic rings. The summed E-state index contributed by atoms with van der Waals surface area (Å²) in [6.07, 6.45) is -1.50. The van der Waals surface area contributed by atoms with Crippen molar-refractivity contribution in [2.75, 3.05) is 12.4 Å². The number of aliphatic carboxylic acids is 3. The molecular formula is C52H80N12O18S. The zero-order valence-electron chi connectivity index (χ0n) is 47.2. The molecule has 0 radical (unpaired) electrons. The number of aliphatic hydroxyl groups excluding tert-OH is 2. The highest BCUT2D eigenvalue weighted by molar-refractivity contribution is 7.80. The van der Waals surface area contributed by atoms with Crippen LogP contribution < -0.4 is 53.6 Å². The Balaban J connectivity index is 2.45. The van der Waals surface area contributed by atoms with Gasteiger partial charge in [0.1, 0.15) is 60.1 Å². The first kappa shape index (κ1) is 71.2. The molecule has 0 saturated carbocycles. The number of aromatic amines is 1. The fourth-order valence-corrected chi connectivity index (χ4v) is 8.31. The second kappa shape index (κ2) is 35.2. The van der Waals surface area contributed by atoms with E-state index in [4.69, 9.17) is 5.73 Å². The molecule has 9 amide bonds. The van der Waals surface area contributed by atoms with E-state index in [9.17, 15) is 88.2 Å². The highest BCUT2D eigenvalue weighted by Crippen LogP contribution is 2.15. The van der Waals surface area contributed by atoms with Gasteiger partial charge in [0.15, 0.2) is 0 Å². The SMILES string of the molecule is CC(C)C[C@H](NC(=O)[C@H](CCC(=O)O)NC(=O)[C@H](Cc1cnc[nH]1)NC(=O)[C@@H](N)CC(C)C)C(=O)N[C@@H](CC(C)C)C(=O)N[C@H](C(=O)N[C@@H](Cc1ccc(O)cc1)C(=O)N[C@@H](CS)C(=O)N[C@@H](CC(=O)O)C(=O)N[C@@H](CO)C(=O)O)[C@@H](C)O. The number of aromatic hydroxyl groups is 1. The summed E-state index contributed by atoms with van der Waals surface area (Å²) >= 11 is 4.10. The minimum atomic E-state index is -1.93. The van der Waals surface area contributed by atoms with Crippen molar-refractivity contribution in [1.29, 1.82) is 0 Å². The molecule has 30 nitrogen and oxygen atoms in total. The number of carbonyl (C=O) groups is 12. The molecule has 1 heterocycles. The molecular weight excluding hydrogens is 1110 g/mol. The number of nitrogens with one attached hydrogen (secondary N) is 10. The standard InChI is InChI=1S/C52H80N12O18S/c1-24(2)14-31(53)43(72)57-36(18-29-20-54-23-55-29)47(76)56-32(12-13-40(68)69)44(73)58-33(15-25(3)4)45(74)59-34(16-26(5)6)49(78)64-42(27(7)66)51(80)61-35(17-28-8-10-30(67)11-9-28)46(75)63-39(22-83)50(79)60-37(19-41(70)71)48(77)62-38(21-65)52(81)82/h8-11,20,23-27,31-39,42,65-67,83H,12-19,21-22,53H2,1-7H3,(H,54,55)(H,56,76)(H,57,72)(H,58,73)(H,59,74)(H,60,79)(H,61,80)(H,62,77)(H,63,75)(H,64,78)(H,68,69)(H,70,71)(H,81,82)/t27-,31+,32+,33+,34+,35+,36+,37+,38+,39+,42+/m1/s1. The summed E-state index contributed by atoms with van der Waals surface area (Å²) in [5.41, 5.74) is 6.83. The summed E-state index contributed by atoms with van der Waals surface area (Å²) < 4.78 is 0. The molecule has 2 rings (SSSR count). The smallest absolute Gasteiger partial charge is 0.328 e. The molecule has 11 atom stereocenters.